The molecule has 0 atom stereocenters. The molecule has 146 valence electrons. The molecule has 5 heteroatoms. The second-order valence-corrected chi connectivity index (χ2v) is 7.45. The number of rotatable bonds is 8. The highest BCUT2D eigenvalue weighted by molar-refractivity contribution is 5.62. The summed E-state index contributed by atoms with van der Waals surface area (Å²) >= 11 is 0. The van der Waals surface area contributed by atoms with Crippen molar-refractivity contribution < 1.29 is 0 Å². The molecule has 2 aromatic heterocycles. The molecule has 0 spiro atoms. The van der Waals surface area contributed by atoms with Crippen LogP contribution in [-0.2, 0) is 6.54 Å². The summed E-state index contributed by atoms with van der Waals surface area (Å²) in [6, 6.07) is 14.3. The van der Waals surface area contributed by atoms with Gasteiger partial charge in [0.25, 0.3) is 0 Å². The molecule has 1 aliphatic rings. The summed E-state index contributed by atoms with van der Waals surface area (Å²) in [5, 5.41) is 8.48. The highest BCUT2D eigenvalue weighted by Gasteiger charge is 2.12. The van der Waals surface area contributed by atoms with Crippen LogP contribution >= 0.6 is 0 Å². The van der Waals surface area contributed by atoms with Gasteiger partial charge in [-0.25, -0.2) is 4.68 Å². The van der Waals surface area contributed by atoms with E-state index in [4.69, 9.17) is 5.10 Å². The Morgan fingerprint density at radius 2 is 1.71 bits per heavy atom. The Labute approximate surface area is 167 Å². The quantitative estimate of drug-likeness (QED) is 0.607. The number of nitrogens with zero attached hydrogens (tertiary/aromatic N) is 4. The maximum Gasteiger partial charge on any atom is 0.0973 e. The fourth-order valence-corrected chi connectivity index (χ4v) is 3.84. The maximum atomic E-state index is 4.86. The Morgan fingerprint density at radius 1 is 0.929 bits per heavy atom. The number of benzene rings is 1. The number of hydrogen-bond donors (Lipinski definition) is 1. The summed E-state index contributed by atoms with van der Waals surface area (Å²) in [6.45, 7) is 5.60. The standard InChI is InChI=1S/C23H29N5/c1-3-8-22(9-4-1)28-19-21(23(26-28)20-10-13-24-14-11-20)18-25-12-7-17-27-15-5-2-6-16-27/h1,3-4,8-11,13-14,19,25H,2,5-7,12,15-18H2. The van der Waals surface area contributed by atoms with E-state index in [2.05, 4.69) is 33.5 Å². The Hall–Kier alpha value is -2.50. The van der Waals surface area contributed by atoms with Gasteiger partial charge in [0.05, 0.1) is 11.4 Å². The van der Waals surface area contributed by atoms with Crippen LogP contribution in [0.4, 0.5) is 0 Å². The van der Waals surface area contributed by atoms with Crippen LogP contribution in [0.5, 0.6) is 0 Å². The van der Waals surface area contributed by atoms with E-state index in [1.54, 1.807) is 0 Å². The second-order valence-electron chi connectivity index (χ2n) is 7.45. The third-order valence-electron chi connectivity index (χ3n) is 5.36. The molecule has 1 N–H and O–H groups in total. The molecule has 0 saturated carbocycles. The van der Waals surface area contributed by atoms with Crippen LogP contribution in [-0.4, -0.2) is 45.8 Å². The van der Waals surface area contributed by atoms with Crippen LogP contribution in [0.1, 0.15) is 31.2 Å². The monoisotopic (exact) mass is 375 g/mol. The van der Waals surface area contributed by atoms with E-state index in [-0.39, 0.29) is 0 Å². The SMILES string of the molecule is c1ccc(-n2cc(CNCCCN3CCCCC3)c(-c3ccncc3)n2)cc1. The van der Waals surface area contributed by atoms with Crippen molar-refractivity contribution >= 4 is 0 Å². The topological polar surface area (TPSA) is 46.0 Å². The van der Waals surface area contributed by atoms with E-state index in [1.807, 2.05) is 47.4 Å². The Morgan fingerprint density at radius 3 is 2.50 bits per heavy atom. The van der Waals surface area contributed by atoms with Crippen molar-refractivity contribution in [1.29, 1.82) is 0 Å². The highest BCUT2D eigenvalue weighted by Crippen LogP contribution is 2.23. The zero-order valence-corrected chi connectivity index (χ0v) is 16.4. The first-order valence-corrected chi connectivity index (χ1v) is 10.4. The molecule has 28 heavy (non-hydrogen) atoms. The predicted octanol–water partition coefficient (Wildman–Crippen LogP) is 3.90. The first-order valence-electron chi connectivity index (χ1n) is 10.4. The van der Waals surface area contributed by atoms with Gasteiger partial charge in [-0.2, -0.15) is 5.10 Å². The van der Waals surface area contributed by atoms with Gasteiger partial charge in [0.1, 0.15) is 0 Å². The van der Waals surface area contributed by atoms with E-state index in [0.29, 0.717) is 0 Å². The van der Waals surface area contributed by atoms with Gasteiger partial charge in [-0.3, -0.25) is 4.98 Å². The first-order chi connectivity index (χ1) is 13.9. The Kier molecular flexibility index (Phi) is 6.48. The number of hydrogen-bond acceptors (Lipinski definition) is 4. The van der Waals surface area contributed by atoms with Crippen LogP contribution in [0.15, 0.2) is 61.1 Å². The molecule has 5 nitrogen and oxygen atoms in total. The zero-order chi connectivity index (χ0) is 19.0. The van der Waals surface area contributed by atoms with Crippen LogP contribution in [0.25, 0.3) is 16.9 Å². The van der Waals surface area contributed by atoms with Gasteiger partial charge in [0, 0.05) is 36.3 Å². The third kappa shape index (κ3) is 4.86. The minimum absolute atomic E-state index is 0.824. The van der Waals surface area contributed by atoms with Crippen molar-refractivity contribution in [2.75, 3.05) is 26.2 Å². The lowest BCUT2D eigenvalue weighted by Crippen LogP contribution is -2.32. The van der Waals surface area contributed by atoms with E-state index in [1.165, 1.54) is 50.9 Å². The third-order valence-corrected chi connectivity index (χ3v) is 5.36. The largest absolute Gasteiger partial charge is 0.312 e. The number of nitrogens with one attached hydrogen (secondary N) is 1. The van der Waals surface area contributed by atoms with Crippen LogP contribution in [0, 0.1) is 0 Å². The van der Waals surface area contributed by atoms with E-state index in [0.717, 1.165) is 30.0 Å². The molecule has 0 bridgehead atoms. The van der Waals surface area contributed by atoms with Gasteiger partial charge in [-0.15, -0.1) is 0 Å². The van der Waals surface area contributed by atoms with E-state index >= 15 is 0 Å². The van der Waals surface area contributed by atoms with Crippen LogP contribution in [0.3, 0.4) is 0 Å². The van der Waals surface area contributed by atoms with Gasteiger partial charge in [0.2, 0.25) is 0 Å². The number of piperidine rings is 1. The maximum absolute atomic E-state index is 4.86. The number of pyridine rings is 1. The zero-order valence-electron chi connectivity index (χ0n) is 16.4. The molecular weight excluding hydrogens is 346 g/mol. The first kappa shape index (κ1) is 18.8. The van der Waals surface area contributed by atoms with E-state index < -0.39 is 0 Å². The lowest BCUT2D eigenvalue weighted by molar-refractivity contribution is 0.225. The molecular formula is C23H29N5. The summed E-state index contributed by atoms with van der Waals surface area (Å²) < 4.78 is 1.97. The fraction of sp³-hybridized carbons (Fsp3) is 0.391. The summed E-state index contributed by atoms with van der Waals surface area (Å²) in [4.78, 5) is 6.74. The van der Waals surface area contributed by atoms with Crippen molar-refractivity contribution in [3.8, 4) is 16.9 Å². The molecule has 0 aliphatic carbocycles. The summed E-state index contributed by atoms with van der Waals surface area (Å²) in [7, 11) is 0. The van der Waals surface area contributed by atoms with Gasteiger partial charge in [-0.05, 0) is 69.7 Å². The van der Waals surface area contributed by atoms with Gasteiger partial charge in [0.15, 0.2) is 0 Å². The van der Waals surface area contributed by atoms with Crippen molar-refractivity contribution in [3.05, 3.63) is 66.6 Å². The number of likely N-dealkylation sites (tertiary alicyclic amines) is 1. The smallest absolute Gasteiger partial charge is 0.0973 e. The molecule has 0 radical (unpaired) electrons. The lowest BCUT2D eigenvalue weighted by atomic mass is 10.1. The summed E-state index contributed by atoms with van der Waals surface area (Å²) in [5.74, 6) is 0. The molecule has 1 saturated heterocycles. The molecule has 3 aromatic rings. The van der Waals surface area contributed by atoms with Gasteiger partial charge >= 0.3 is 0 Å². The Balaban J connectivity index is 1.41. The molecule has 0 amide bonds. The predicted molar refractivity (Wildman–Crippen MR) is 113 cm³/mol. The van der Waals surface area contributed by atoms with Crippen molar-refractivity contribution in [2.45, 2.75) is 32.2 Å². The number of aromatic nitrogens is 3. The lowest BCUT2D eigenvalue weighted by Gasteiger charge is -2.26. The fourth-order valence-electron chi connectivity index (χ4n) is 3.84. The van der Waals surface area contributed by atoms with Crippen molar-refractivity contribution in [1.82, 2.24) is 25.0 Å². The van der Waals surface area contributed by atoms with Gasteiger partial charge in [-0.1, -0.05) is 24.6 Å². The van der Waals surface area contributed by atoms with Crippen molar-refractivity contribution in [2.24, 2.45) is 0 Å². The average Bonchev–Trinajstić information content (AvgIpc) is 3.20. The van der Waals surface area contributed by atoms with Gasteiger partial charge < -0.3 is 10.2 Å². The molecule has 0 unspecified atom stereocenters. The van der Waals surface area contributed by atoms with Crippen LogP contribution in [0.2, 0.25) is 0 Å². The molecule has 1 aliphatic heterocycles. The number of para-hydroxylation sites is 1. The minimum atomic E-state index is 0.824. The van der Waals surface area contributed by atoms with Crippen molar-refractivity contribution in [3.63, 3.8) is 0 Å². The van der Waals surface area contributed by atoms with Crippen LogP contribution < -0.4 is 5.32 Å². The molecule has 3 heterocycles. The summed E-state index contributed by atoms with van der Waals surface area (Å²) in [6.07, 6.45) is 11.1. The molecule has 1 aromatic carbocycles. The van der Waals surface area contributed by atoms with E-state index in [9.17, 15) is 0 Å². The minimum Gasteiger partial charge on any atom is -0.312 e. The average molecular weight is 376 g/mol. The summed E-state index contributed by atoms with van der Waals surface area (Å²) in [5.41, 5.74) is 4.42. The Bertz CT molecular complexity index is 838. The second kappa shape index (κ2) is 9.62. The molecule has 1 fully saturated rings. The highest BCUT2D eigenvalue weighted by atomic mass is 15.3. The molecule has 4 rings (SSSR count). The normalized spacial score (nSPS) is 15.0.